The Bertz CT molecular complexity index is 979. The molecule has 0 bridgehead atoms. The number of carbonyl (C=O) groups is 1. The molecule has 1 fully saturated rings. The van der Waals surface area contributed by atoms with Gasteiger partial charge in [-0.2, -0.15) is 10.2 Å². The van der Waals surface area contributed by atoms with Crippen LogP contribution in [-0.4, -0.2) is 50.7 Å². The summed E-state index contributed by atoms with van der Waals surface area (Å²) in [7, 11) is 0. The Balaban J connectivity index is 1.85. The van der Waals surface area contributed by atoms with E-state index in [1.165, 1.54) is 0 Å². The molecule has 2 aromatic rings. The maximum absolute atomic E-state index is 11.9. The highest BCUT2D eigenvalue weighted by atomic mass is 16.4. The molecule has 1 aliphatic rings. The first kappa shape index (κ1) is 22.3. The minimum atomic E-state index is -0.895. The minimum Gasteiger partial charge on any atom is -0.465 e. The molecule has 2 heterocycles. The van der Waals surface area contributed by atoms with E-state index in [-0.39, 0.29) is 6.04 Å². The zero-order valence-electron chi connectivity index (χ0n) is 18.6. The van der Waals surface area contributed by atoms with Crippen molar-refractivity contribution in [3.63, 3.8) is 0 Å². The average Bonchev–Trinajstić information content (AvgIpc) is 3.16. The van der Waals surface area contributed by atoms with Crippen LogP contribution in [0.3, 0.4) is 0 Å². The summed E-state index contributed by atoms with van der Waals surface area (Å²) in [6, 6.07) is 11.2. The van der Waals surface area contributed by atoms with Crippen molar-refractivity contribution in [1.29, 1.82) is 5.26 Å². The van der Waals surface area contributed by atoms with Crippen molar-refractivity contribution >= 4 is 23.5 Å². The van der Waals surface area contributed by atoms with Gasteiger partial charge in [0.2, 0.25) is 5.95 Å². The molecule has 1 atom stereocenters. The summed E-state index contributed by atoms with van der Waals surface area (Å²) in [6.45, 7) is 9.19. The van der Waals surface area contributed by atoms with Crippen molar-refractivity contribution in [3.05, 3.63) is 41.6 Å². The highest BCUT2D eigenvalue weighted by Gasteiger charge is 2.37. The zero-order chi connectivity index (χ0) is 22.6. The molecule has 0 aliphatic carbocycles. The molecule has 1 amide bonds. The number of anilines is 3. The number of hydrogen-bond donors (Lipinski definition) is 2. The largest absolute Gasteiger partial charge is 0.465 e. The van der Waals surface area contributed by atoms with Crippen LogP contribution in [0.5, 0.6) is 0 Å². The van der Waals surface area contributed by atoms with Crippen LogP contribution in [0.1, 0.15) is 51.8 Å². The van der Waals surface area contributed by atoms with Crippen molar-refractivity contribution < 1.29 is 9.90 Å². The van der Waals surface area contributed by atoms with Gasteiger partial charge in [-0.25, -0.2) is 9.78 Å². The van der Waals surface area contributed by atoms with Crippen molar-refractivity contribution in [1.82, 2.24) is 14.9 Å². The molecule has 0 unspecified atom stereocenters. The van der Waals surface area contributed by atoms with E-state index >= 15 is 0 Å². The number of carboxylic acid groups (broad SMARTS) is 1. The van der Waals surface area contributed by atoms with Crippen molar-refractivity contribution in [2.45, 2.75) is 58.5 Å². The third kappa shape index (κ3) is 5.43. The molecular weight excluding hydrogens is 392 g/mol. The Kier molecular flexibility index (Phi) is 6.64. The molecule has 0 spiro atoms. The van der Waals surface area contributed by atoms with E-state index in [1.54, 1.807) is 17.0 Å². The van der Waals surface area contributed by atoms with Gasteiger partial charge >= 0.3 is 6.09 Å². The SMILES string of the molecule is CCCc1cc(N2CC[C@H](N(C(=O)O)C(C)(C)C)C2)nc(Nc2cccc(C#N)c2)n1. The number of aryl methyl sites for hydroxylation is 1. The number of aromatic nitrogens is 2. The Morgan fingerprint density at radius 2 is 2.13 bits per heavy atom. The number of nitrogens with zero attached hydrogens (tertiary/aromatic N) is 5. The third-order valence-electron chi connectivity index (χ3n) is 5.30. The van der Waals surface area contributed by atoms with Crippen LogP contribution in [0.15, 0.2) is 30.3 Å². The molecule has 0 radical (unpaired) electrons. The van der Waals surface area contributed by atoms with Gasteiger partial charge in [-0.1, -0.05) is 19.4 Å². The molecule has 31 heavy (non-hydrogen) atoms. The Hall–Kier alpha value is -3.34. The summed E-state index contributed by atoms with van der Waals surface area (Å²) in [5.74, 6) is 1.27. The predicted molar refractivity (Wildman–Crippen MR) is 121 cm³/mol. The van der Waals surface area contributed by atoms with Crippen molar-refractivity contribution in [3.8, 4) is 6.07 Å². The average molecular weight is 423 g/mol. The molecule has 2 N–H and O–H groups in total. The lowest BCUT2D eigenvalue weighted by atomic mass is 10.0. The lowest BCUT2D eigenvalue weighted by Crippen LogP contribution is -2.52. The maximum Gasteiger partial charge on any atom is 0.408 e. The summed E-state index contributed by atoms with van der Waals surface area (Å²) in [6.07, 6.45) is 1.64. The Labute approximate surface area is 183 Å². The number of nitriles is 1. The fourth-order valence-corrected chi connectivity index (χ4v) is 4.03. The second kappa shape index (κ2) is 9.21. The first-order valence-corrected chi connectivity index (χ1v) is 10.6. The summed E-state index contributed by atoms with van der Waals surface area (Å²) in [5, 5.41) is 22.1. The highest BCUT2D eigenvalue weighted by Crippen LogP contribution is 2.28. The standard InChI is InChI=1S/C23H30N6O2/c1-5-7-17-13-20(27-21(25-17)26-18-9-6-8-16(12-18)14-24)28-11-10-19(15-28)29(22(30)31)23(2,3)4/h6,8-9,12-13,19H,5,7,10-11,15H2,1-4H3,(H,30,31)(H,25,26,27)/t19-/m0/s1. The number of hydrogen-bond acceptors (Lipinski definition) is 6. The Morgan fingerprint density at radius 3 is 2.77 bits per heavy atom. The maximum atomic E-state index is 11.9. The topological polar surface area (TPSA) is 105 Å². The van der Waals surface area contributed by atoms with E-state index < -0.39 is 11.6 Å². The van der Waals surface area contributed by atoms with Crippen molar-refractivity contribution in [2.75, 3.05) is 23.3 Å². The van der Waals surface area contributed by atoms with Crippen LogP contribution >= 0.6 is 0 Å². The van der Waals surface area contributed by atoms with Gasteiger partial charge in [-0.05, 0) is 51.8 Å². The normalized spacial score (nSPS) is 16.1. The van der Waals surface area contributed by atoms with Gasteiger partial charge in [0.1, 0.15) is 5.82 Å². The van der Waals surface area contributed by atoms with Gasteiger partial charge in [0.15, 0.2) is 0 Å². The summed E-state index contributed by atoms with van der Waals surface area (Å²) in [5.41, 5.74) is 1.78. The van der Waals surface area contributed by atoms with Crippen LogP contribution in [0.4, 0.5) is 22.2 Å². The molecular formula is C23H30N6O2. The minimum absolute atomic E-state index is 0.0918. The van der Waals surface area contributed by atoms with Gasteiger partial charge in [0.25, 0.3) is 0 Å². The third-order valence-corrected chi connectivity index (χ3v) is 5.30. The second-order valence-electron chi connectivity index (χ2n) is 8.82. The molecule has 0 saturated carbocycles. The second-order valence-corrected chi connectivity index (χ2v) is 8.82. The van der Waals surface area contributed by atoms with Crippen LogP contribution in [-0.2, 0) is 6.42 Å². The fraction of sp³-hybridized carbons (Fsp3) is 0.478. The monoisotopic (exact) mass is 422 g/mol. The molecule has 1 aromatic carbocycles. The van der Waals surface area contributed by atoms with E-state index in [0.717, 1.165) is 43.0 Å². The summed E-state index contributed by atoms with van der Waals surface area (Å²) >= 11 is 0. The van der Waals surface area contributed by atoms with Crippen LogP contribution < -0.4 is 10.2 Å². The van der Waals surface area contributed by atoms with Crippen molar-refractivity contribution in [2.24, 2.45) is 0 Å². The predicted octanol–water partition coefficient (Wildman–Crippen LogP) is 4.40. The van der Waals surface area contributed by atoms with E-state index in [4.69, 9.17) is 10.2 Å². The molecule has 1 saturated heterocycles. The van der Waals surface area contributed by atoms with E-state index in [1.807, 2.05) is 39.0 Å². The van der Waals surface area contributed by atoms with Gasteiger partial charge in [0, 0.05) is 36.1 Å². The van der Waals surface area contributed by atoms with Gasteiger partial charge in [-0.3, -0.25) is 4.90 Å². The number of rotatable bonds is 6. The van der Waals surface area contributed by atoms with Gasteiger partial charge in [0.05, 0.1) is 17.7 Å². The molecule has 1 aliphatic heterocycles. The lowest BCUT2D eigenvalue weighted by Gasteiger charge is -2.38. The van der Waals surface area contributed by atoms with Crippen LogP contribution in [0.2, 0.25) is 0 Å². The first-order chi connectivity index (χ1) is 14.7. The molecule has 164 valence electrons. The number of amides is 1. The molecule has 3 rings (SSSR count). The van der Waals surface area contributed by atoms with E-state index in [9.17, 15) is 9.90 Å². The summed E-state index contributed by atoms with van der Waals surface area (Å²) < 4.78 is 0. The van der Waals surface area contributed by atoms with Crippen LogP contribution in [0.25, 0.3) is 0 Å². The van der Waals surface area contributed by atoms with E-state index in [2.05, 4.69) is 28.2 Å². The number of benzene rings is 1. The van der Waals surface area contributed by atoms with Crippen LogP contribution in [0, 0.1) is 11.3 Å². The van der Waals surface area contributed by atoms with Gasteiger partial charge < -0.3 is 15.3 Å². The highest BCUT2D eigenvalue weighted by molar-refractivity contribution is 5.67. The molecule has 8 heteroatoms. The Morgan fingerprint density at radius 1 is 1.35 bits per heavy atom. The molecule has 8 nitrogen and oxygen atoms in total. The van der Waals surface area contributed by atoms with E-state index in [0.29, 0.717) is 18.1 Å². The summed E-state index contributed by atoms with van der Waals surface area (Å²) in [4.78, 5) is 24.9. The smallest absolute Gasteiger partial charge is 0.408 e. The van der Waals surface area contributed by atoms with Gasteiger partial charge in [-0.15, -0.1) is 0 Å². The fourth-order valence-electron chi connectivity index (χ4n) is 4.03. The lowest BCUT2D eigenvalue weighted by molar-refractivity contribution is 0.0763. The molecule has 1 aromatic heterocycles. The number of nitrogens with one attached hydrogen (secondary N) is 1. The first-order valence-electron chi connectivity index (χ1n) is 10.6. The zero-order valence-corrected chi connectivity index (χ0v) is 18.6. The quantitative estimate of drug-likeness (QED) is 0.710.